The smallest absolute Gasteiger partial charge is 0.224 e. The van der Waals surface area contributed by atoms with E-state index in [2.05, 4.69) is 4.99 Å². The van der Waals surface area contributed by atoms with E-state index in [4.69, 9.17) is 0 Å². The number of sulfone groups is 1. The van der Waals surface area contributed by atoms with Crippen LogP contribution in [0.1, 0.15) is 31.2 Å². The summed E-state index contributed by atoms with van der Waals surface area (Å²) in [6.07, 6.45) is 5.19. The van der Waals surface area contributed by atoms with E-state index in [0.29, 0.717) is 12.8 Å². The second kappa shape index (κ2) is 4.87. The summed E-state index contributed by atoms with van der Waals surface area (Å²) in [5.74, 6) is -0.799. The van der Waals surface area contributed by atoms with Crippen LogP contribution in [-0.2, 0) is 20.2 Å². The lowest BCUT2D eigenvalue weighted by Crippen LogP contribution is -2.23. The van der Waals surface area contributed by atoms with Crippen molar-refractivity contribution in [1.82, 2.24) is 0 Å². The second-order valence-electron chi connectivity index (χ2n) is 4.83. The zero-order valence-electron chi connectivity index (χ0n) is 10.5. The highest BCUT2D eigenvalue weighted by atomic mass is 32.2. The molecule has 1 aliphatic carbocycles. The standard InChI is InChI=1S/C13H14FNO3S/c1-19(17,18)12-10(5-4-6-11(12)14)13(15-9-16)7-2-3-8-13/h4-6H,2-3,7-8H2,1H3. The molecule has 0 saturated heterocycles. The van der Waals surface area contributed by atoms with Crippen molar-refractivity contribution in [2.75, 3.05) is 6.26 Å². The minimum absolute atomic E-state index is 0.274. The van der Waals surface area contributed by atoms with Gasteiger partial charge in [-0.25, -0.2) is 17.6 Å². The Morgan fingerprint density at radius 3 is 2.47 bits per heavy atom. The number of benzene rings is 1. The van der Waals surface area contributed by atoms with E-state index in [0.717, 1.165) is 25.2 Å². The van der Waals surface area contributed by atoms with Crippen molar-refractivity contribution >= 4 is 15.9 Å². The Hall–Kier alpha value is -1.52. The molecule has 6 heteroatoms. The van der Waals surface area contributed by atoms with E-state index < -0.39 is 21.2 Å². The van der Waals surface area contributed by atoms with Gasteiger partial charge < -0.3 is 0 Å². The lowest BCUT2D eigenvalue weighted by molar-refractivity contribution is 0.438. The molecule has 0 spiro atoms. The first-order valence-electron chi connectivity index (χ1n) is 5.99. The molecule has 0 unspecified atom stereocenters. The fourth-order valence-electron chi connectivity index (χ4n) is 2.74. The molecule has 1 fully saturated rings. The molecule has 19 heavy (non-hydrogen) atoms. The van der Waals surface area contributed by atoms with Gasteiger partial charge in [-0.3, -0.25) is 0 Å². The van der Waals surface area contributed by atoms with Crippen molar-refractivity contribution in [2.45, 2.75) is 36.1 Å². The van der Waals surface area contributed by atoms with Gasteiger partial charge in [0.2, 0.25) is 6.08 Å². The molecular formula is C13H14FNO3S. The Kier molecular flexibility index (Phi) is 3.56. The van der Waals surface area contributed by atoms with Gasteiger partial charge in [0.15, 0.2) is 9.84 Å². The molecule has 0 amide bonds. The molecule has 1 saturated carbocycles. The van der Waals surface area contributed by atoms with E-state index in [1.165, 1.54) is 18.2 Å². The summed E-state index contributed by atoms with van der Waals surface area (Å²) in [5.41, 5.74) is -0.668. The van der Waals surface area contributed by atoms with Gasteiger partial charge in [-0.2, -0.15) is 4.99 Å². The largest absolute Gasteiger partial charge is 0.235 e. The maximum absolute atomic E-state index is 13.9. The summed E-state index contributed by atoms with van der Waals surface area (Å²) in [6.45, 7) is 0. The lowest BCUT2D eigenvalue weighted by atomic mass is 9.89. The zero-order valence-corrected chi connectivity index (χ0v) is 11.3. The average Bonchev–Trinajstić information content (AvgIpc) is 2.77. The molecular weight excluding hydrogens is 269 g/mol. The Morgan fingerprint density at radius 1 is 1.32 bits per heavy atom. The van der Waals surface area contributed by atoms with Gasteiger partial charge in [0.1, 0.15) is 10.7 Å². The topological polar surface area (TPSA) is 63.6 Å². The summed E-state index contributed by atoms with van der Waals surface area (Å²) in [4.78, 5) is 14.1. The number of carbonyl (C=O) groups excluding carboxylic acids is 1. The van der Waals surface area contributed by atoms with Crippen LogP contribution in [0.25, 0.3) is 0 Å². The molecule has 0 aliphatic heterocycles. The highest BCUT2D eigenvalue weighted by Gasteiger charge is 2.40. The number of aliphatic imine (C=N–C) groups is 1. The molecule has 0 N–H and O–H groups in total. The normalized spacial score (nSPS) is 18.0. The molecule has 1 aromatic carbocycles. The highest BCUT2D eigenvalue weighted by molar-refractivity contribution is 7.90. The first kappa shape index (κ1) is 13.9. The molecule has 0 aromatic heterocycles. The predicted octanol–water partition coefficient (Wildman–Crippen LogP) is 2.33. The second-order valence-corrected chi connectivity index (χ2v) is 6.78. The number of hydrogen-bond acceptors (Lipinski definition) is 4. The number of nitrogens with zero attached hydrogens (tertiary/aromatic N) is 1. The first-order valence-corrected chi connectivity index (χ1v) is 7.88. The van der Waals surface area contributed by atoms with Gasteiger partial charge in [-0.1, -0.05) is 25.0 Å². The van der Waals surface area contributed by atoms with Crippen LogP contribution in [0.5, 0.6) is 0 Å². The zero-order chi connectivity index (χ0) is 14.1. The van der Waals surface area contributed by atoms with Gasteiger partial charge in [-0.05, 0) is 18.9 Å². The lowest BCUT2D eigenvalue weighted by Gasteiger charge is -2.25. The Labute approximate surface area is 111 Å². The monoisotopic (exact) mass is 283 g/mol. The fourth-order valence-corrected chi connectivity index (χ4v) is 3.82. The Balaban J connectivity index is 2.75. The number of halogens is 1. The molecule has 0 atom stereocenters. The quantitative estimate of drug-likeness (QED) is 0.631. The SMILES string of the molecule is CS(=O)(=O)c1c(F)cccc1C1(N=C=O)CCCC1. The predicted molar refractivity (Wildman–Crippen MR) is 67.8 cm³/mol. The summed E-state index contributed by atoms with van der Waals surface area (Å²) in [5, 5.41) is 0. The van der Waals surface area contributed by atoms with E-state index >= 15 is 0 Å². The van der Waals surface area contributed by atoms with Gasteiger partial charge in [0.05, 0.1) is 5.54 Å². The van der Waals surface area contributed by atoms with E-state index in [9.17, 15) is 17.6 Å². The van der Waals surface area contributed by atoms with Crippen molar-refractivity contribution in [1.29, 1.82) is 0 Å². The Morgan fingerprint density at radius 2 is 1.95 bits per heavy atom. The average molecular weight is 283 g/mol. The minimum atomic E-state index is -3.72. The molecule has 2 rings (SSSR count). The summed E-state index contributed by atoms with van der Waals surface area (Å²) >= 11 is 0. The highest BCUT2D eigenvalue weighted by Crippen LogP contribution is 2.44. The maximum Gasteiger partial charge on any atom is 0.235 e. The van der Waals surface area contributed by atoms with Crippen molar-refractivity contribution < 1.29 is 17.6 Å². The minimum Gasteiger partial charge on any atom is -0.224 e. The third kappa shape index (κ3) is 2.46. The van der Waals surface area contributed by atoms with E-state index in [-0.39, 0.29) is 10.5 Å². The van der Waals surface area contributed by atoms with Crippen LogP contribution in [0.15, 0.2) is 28.1 Å². The van der Waals surface area contributed by atoms with E-state index in [1.54, 1.807) is 0 Å². The van der Waals surface area contributed by atoms with Crippen LogP contribution in [0.4, 0.5) is 4.39 Å². The molecule has 1 aromatic rings. The van der Waals surface area contributed by atoms with Gasteiger partial charge in [0, 0.05) is 11.8 Å². The molecule has 0 heterocycles. The fraction of sp³-hybridized carbons (Fsp3) is 0.462. The van der Waals surface area contributed by atoms with Crippen LogP contribution in [0.2, 0.25) is 0 Å². The molecule has 1 aliphatic rings. The number of rotatable bonds is 3. The first-order chi connectivity index (χ1) is 8.91. The van der Waals surface area contributed by atoms with Crippen LogP contribution in [0.3, 0.4) is 0 Å². The molecule has 4 nitrogen and oxygen atoms in total. The Bertz CT molecular complexity index is 642. The molecule has 0 radical (unpaired) electrons. The van der Waals surface area contributed by atoms with Crippen molar-refractivity contribution in [3.63, 3.8) is 0 Å². The van der Waals surface area contributed by atoms with Gasteiger partial charge in [-0.15, -0.1) is 0 Å². The number of hydrogen-bond donors (Lipinski definition) is 0. The number of isocyanates is 1. The summed E-state index contributed by atoms with van der Waals surface area (Å²) in [7, 11) is -3.72. The van der Waals surface area contributed by atoms with Crippen molar-refractivity contribution in [3.8, 4) is 0 Å². The van der Waals surface area contributed by atoms with Crippen LogP contribution in [-0.4, -0.2) is 20.8 Å². The van der Waals surface area contributed by atoms with Gasteiger partial charge >= 0.3 is 0 Å². The van der Waals surface area contributed by atoms with Crippen LogP contribution < -0.4 is 0 Å². The van der Waals surface area contributed by atoms with Crippen LogP contribution in [0, 0.1) is 5.82 Å². The summed E-state index contributed by atoms with van der Waals surface area (Å²) in [6, 6.07) is 4.08. The summed E-state index contributed by atoms with van der Waals surface area (Å²) < 4.78 is 37.5. The van der Waals surface area contributed by atoms with Crippen molar-refractivity contribution in [2.24, 2.45) is 4.99 Å². The molecule has 0 bridgehead atoms. The van der Waals surface area contributed by atoms with Gasteiger partial charge in [0.25, 0.3) is 0 Å². The van der Waals surface area contributed by atoms with Crippen LogP contribution >= 0.6 is 0 Å². The maximum atomic E-state index is 13.9. The third-order valence-electron chi connectivity index (χ3n) is 3.53. The van der Waals surface area contributed by atoms with Crippen molar-refractivity contribution in [3.05, 3.63) is 29.6 Å². The van der Waals surface area contributed by atoms with E-state index in [1.807, 2.05) is 0 Å². The third-order valence-corrected chi connectivity index (χ3v) is 4.69. The molecule has 102 valence electrons.